The van der Waals surface area contributed by atoms with E-state index in [-0.39, 0.29) is 11.7 Å². The van der Waals surface area contributed by atoms with E-state index in [2.05, 4.69) is 10.6 Å². The van der Waals surface area contributed by atoms with Gasteiger partial charge < -0.3 is 15.2 Å². The van der Waals surface area contributed by atoms with Gasteiger partial charge in [-0.25, -0.2) is 0 Å². The normalized spacial score (nSPS) is 19.6. The summed E-state index contributed by atoms with van der Waals surface area (Å²) in [4.78, 5) is 11.8. The van der Waals surface area contributed by atoms with E-state index < -0.39 is 18.6 Å². The Morgan fingerprint density at radius 3 is 2.95 bits per heavy atom. The van der Waals surface area contributed by atoms with Crippen LogP contribution < -0.4 is 10.6 Å². The van der Waals surface area contributed by atoms with Gasteiger partial charge in [-0.3, -0.25) is 4.79 Å². The van der Waals surface area contributed by atoms with E-state index in [4.69, 9.17) is 0 Å². The van der Waals surface area contributed by atoms with Crippen molar-refractivity contribution in [1.29, 1.82) is 0 Å². The molecular formula is C12H16F3N3O. The largest absolute Gasteiger partial charge is 0.406 e. The average Bonchev–Trinajstić information content (AvgIpc) is 2.94. The van der Waals surface area contributed by atoms with Crippen molar-refractivity contribution in [2.24, 2.45) is 0 Å². The van der Waals surface area contributed by atoms with E-state index in [0.717, 1.165) is 24.0 Å². The number of hydrogen-bond acceptors (Lipinski definition) is 2. The molecule has 2 rings (SSSR count). The summed E-state index contributed by atoms with van der Waals surface area (Å²) >= 11 is 0. The molecule has 1 unspecified atom stereocenters. The first-order chi connectivity index (χ1) is 8.96. The molecule has 1 aliphatic rings. The molecule has 19 heavy (non-hydrogen) atoms. The molecule has 2 N–H and O–H groups in total. The topological polar surface area (TPSA) is 46.1 Å². The molecule has 1 aliphatic heterocycles. The Labute approximate surface area is 109 Å². The SMILES string of the molecule is O=C(NCC1CCCN1)c1cccn1CC(F)(F)F. The number of amides is 1. The van der Waals surface area contributed by atoms with E-state index in [1.807, 2.05) is 0 Å². The maximum Gasteiger partial charge on any atom is 0.406 e. The standard InChI is InChI=1S/C12H16F3N3O/c13-12(14,15)8-18-6-2-4-10(18)11(19)17-7-9-3-1-5-16-9/h2,4,6,9,16H,1,3,5,7-8H2,(H,17,19). The highest BCUT2D eigenvalue weighted by Crippen LogP contribution is 2.19. The molecule has 1 atom stereocenters. The monoisotopic (exact) mass is 275 g/mol. The van der Waals surface area contributed by atoms with Crippen LogP contribution in [0, 0.1) is 0 Å². The van der Waals surface area contributed by atoms with Gasteiger partial charge in [-0.1, -0.05) is 0 Å². The molecule has 0 radical (unpaired) electrons. The van der Waals surface area contributed by atoms with E-state index in [1.165, 1.54) is 18.3 Å². The van der Waals surface area contributed by atoms with Gasteiger partial charge in [0.05, 0.1) is 0 Å². The van der Waals surface area contributed by atoms with Crippen molar-refractivity contribution in [2.45, 2.75) is 31.6 Å². The summed E-state index contributed by atoms with van der Waals surface area (Å²) in [7, 11) is 0. The number of nitrogens with one attached hydrogen (secondary N) is 2. The highest BCUT2D eigenvalue weighted by atomic mass is 19.4. The Kier molecular flexibility index (Phi) is 4.14. The number of rotatable bonds is 4. The lowest BCUT2D eigenvalue weighted by atomic mass is 10.2. The van der Waals surface area contributed by atoms with E-state index in [0.29, 0.717) is 6.54 Å². The minimum absolute atomic E-state index is 0.0373. The smallest absolute Gasteiger partial charge is 0.349 e. The molecule has 1 amide bonds. The van der Waals surface area contributed by atoms with E-state index in [1.54, 1.807) is 0 Å². The predicted octanol–water partition coefficient (Wildman–Crippen LogP) is 1.53. The second-order valence-corrected chi connectivity index (χ2v) is 4.64. The molecule has 0 spiro atoms. The number of carbonyl (C=O) groups is 1. The zero-order valence-electron chi connectivity index (χ0n) is 10.3. The third-order valence-corrected chi connectivity index (χ3v) is 3.08. The second kappa shape index (κ2) is 5.64. The van der Waals surface area contributed by atoms with Gasteiger partial charge in [0.1, 0.15) is 12.2 Å². The van der Waals surface area contributed by atoms with Crippen LogP contribution in [0.4, 0.5) is 13.2 Å². The highest BCUT2D eigenvalue weighted by Gasteiger charge is 2.29. The Balaban J connectivity index is 1.93. The summed E-state index contributed by atoms with van der Waals surface area (Å²) < 4.78 is 37.9. The van der Waals surface area contributed by atoms with Crippen molar-refractivity contribution in [1.82, 2.24) is 15.2 Å². The highest BCUT2D eigenvalue weighted by molar-refractivity contribution is 5.92. The molecule has 1 aromatic rings. The minimum atomic E-state index is -4.33. The summed E-state index contributed by atoms with van der Waals surface area (Å²) in [6, 6.07) is 3.05. The first kappa shape index (κ1) is 13.9. The maximum atomic E-state index is 12.3. The molecule has 1 saturated heterocycles. The lowest BCUT2D eigenvalue weighted by Gasteiger charge is -2.14. The van der Waals surface area contributed by atoms with Gasteiger partial charge in [0.15, 0.2) is 0 Å². The third kappa shape index (κ3) is 3.99. The molecule has 0 aromatic carbocycles. The molecule has 2 heterocycles. The summed E-state index contributed by atoms with van der Waals surface area (Å²) in [5.41, 5.74) is 0.0373. The van der Waals surface area contributed by atoms with E-state index in [9.17, 15) is 18.0 Å². The second-order valence-electron chi connectivity index (χ2n) is 4.64. The van der Waals surface area contributed by atoms with E-state index >= 15 is 0 Å². The number of alkyl halides is 3. The van der Waals surface area contributed by atoms with Crippen molar-refractivity contribution in [3.05, 3.63) is 24.0 Å². The quantitative estimate of drug-likeness (QED) is 0.875. The lowest BCUT2D eigenvalue weighted by molar-refractivity contribution is -0.140. The Bertz CT molecular complexity index is 436. The number of carbonyl (C=O) groups excluding carboxylic acids is 1. The Morgan fingerprint density at radius 2 is 2.32 bits per heavy atom. The van der Waals surface area contributed by atoms with Crippen LogP contribution in [-0.2, 0) is 6.54 Å². The molecular weight excluding hydrogens is 259 g/mol. The molecule has 0 aliphatic carbocycles. The van der Waals surface area contributed by atoms with Gasteiger partial charge in [-0.2, -0.15) is 13.2 Å². The minimum Gasteiger partial charge on any atom is -0.349 e. The number of hydrogen-bond donors (Lipinski definition) is 2. The van der Waals surface area contributed by atoms with Crippen LogP contribution in [0.2, 0.25) is 0 Å². The summed E-state index contributed by atoms with van der Waals surface area (Å²) in [6.45, 7) is 0.214. The van der Waals surface area contributed by atoms with Crippen molar-refractivity contribution >= 4 is 5.91 Å². The van der Waals surface area contributed by atoms with Gasteiger partial charge >= 0.3 is 6.18 Å². The fraction of sp³-hybridized carbons (Fsp3) is 0.583. The maximum absolute atomic E-state index is 12.3. The van der Waals surface area contributed by atoms with Crippen molar-refractivity contribution < 1.29 is 18.0 Å². The van der Waals surface area contributed by atoms with Gasteiger partial charge in [-0.15, -0.1) is 0 Å². The van der Waals surface area contributed by atoms with Gasteiger partial charge in [0.2, 0.25) is 0 Å². The van der Waals surface area contributed by atoms with Crippen LogP contribution in [0.3, 0.4) is 0 Å². The molecule has 4 nitrogen and oxygen atoms in total. The van der Waals surface area contributed by atoms with Crippen molar-refractivity contribution in [3.8, 4) is 0 Å². The fourth-order valence-electron chi connectivity index (χ4n) is 2.19. The van der Waals surface area contributed by atoms with Gasteiger partial charge in [0.25, 0.3) is 5.91 Å². The molecule has 0 saturated carbocycles. The lowest BCUT2D eigenvalue weighted by Crippen LogP contribution is -2.38. The number of aromatic nitrogens is 1. The van der Waals surface area contributed by atoms with Crippen LogP contribution >= 0.6 is 0 Å². The van der Waals surface area contributed by atoms with Crippen LogP contribution in [0.5, 0.6) is 0 Å². The van der Waals surface area contributed by atoms with Crippen LogP contribution in [0.15, 0.2) is 18.3 Å². The Hall–Kier alpha value is -1.50. The first-order valence-corrected chi connectivity index (χ1v) is 6.19. The van der Waals surface area contributed by atoms with Crippen molar-refractivity contribution in [3.63, 3.8) is 0 Å². The predicted molar refractivity (Wildman–Crippen MR) is 63.8 cm³/mol. The summed E-state index contributed by atoms with van der Waals surface area (Å²) in [5.74, 6) is -0.469. The number of nitrogens with zero attached hydrogens (tertiary/aromatic N) is 1. The van der Waals surface area contributed by atoms with Crippen LogP contribution in [0.1, 0.15) is 23.3 Å². The molecule has 7 heteroatoms. The average molecular weight is 275 g/mol. The van der Waals surface area contributed by atoms with Gasteiger partial charge in [-0.05, 0) is 31.5 Å². The van der Waals surface area contributed by atoms with Crippen molar-refractivity contribution in [2.75, 3.05) is 13.1 Å². The zero-order valence-corrected chi connectivity index (χ0v) is 10.3. The summed E-state index contributed by atoms with van der Waals surface area (Å²) in [5, 5.41) is 5.87. The first-order valence-electron chi connectivity index (χ1n) is 6.19. The fourth-order valence-corrected chi connectivity index (χ4v) is 2.19. The zero-order chi connectivity index (χ0) is 13.9. The molecule has 1 aromatic heterocycles. The molecule has 0 bridgehead atoms. The molecule has 1 fully saturated rings. The van der Waals surface area contributed by atoms with Gasteiger partial charge in [0, 0.05) is 18.8 Å². The number of halogens is 3. The van der Waals surface area contributed by atoms with Crippen LogP contribution in [0.25, 0.3) is 0 Å². The summed E-state index contributed by atoms with van der Waals surface area (Å²) in [6.07, 6.45) is -1.04. The Morgan fingerprint density at radius 1 is 1.53 bits per heavy atom. The van der Waals surface area contributed by atoms with Crippen LogP contribution in [-0.4, -0.2) is 35.8 Å². The molecule has 106 valence electrons. The third-order valence-electron chi connectivity index (χ3n) is 3.08.